The van der Waals surface area contributed by atoms with Gasteiger partial charge in [0.2, 0.25) is 0 Å². The molecule has 0 radical (unpaired) electrons. The number of halogens is 1. The average Bonchev–Trinajstić information content (AvgIpc) is 3.17. The quantitative estimate of drug-likeness (QED) is 0.748. The summed E-state index contributed by atoms with van der Waals surface area (Å²) in [5, 5.41) is 0.711. The lowest BCUT2D eigenvalue weighted by Crippen LogP contribution is -2.10. The second-order valence-electron chi connectivity index (χ2n) is 5.54. The first-order chi connectivity index (χ1) is 8.99. The zero-order valence-electron chi connectivity index (χ0n) is 11.4. The summed E-state index contributed by atoms with van der Waals surface area (Å²) in [6, 6.07) is 4.03. The molecule has 2 nitrogen and oxygen atoms in total. The maximum absolute atomic E-state index is 12.5. The highest BCUT2D eigenvalue weighted by molar-refractivity contribution is 9.09. The Balaban J connectivity index is 2.41. The molecule has 100 valence electrons. The van der Waals surface area contributed by atoms with Gasteiger partial charge < -0.3 is 4.42 Å². The van der Waals surface area contributed by atoms with Crippen LogP contribution in [0.3, 0.4) is 0 Å². The van der Waals surface area contributed by atoms with Gasteiger partial charge in [0.15, 0.2) is 5.43 Å². The van der Waals surface area contributed by atoms with Gasteiger partial charge in [0.1, 0.15) is 11.3 Å². The number of hydrogen-bond donors (Lipinski definition) is 0. The van der Waals surface area contributed by atoms with Crippen LogP contribution in [0.5, 0.6) is 0 Å². The van der Waals surface area contributed by atoms with Crippen molar-refractivity contribution in [3.63, 3.8) is 0 Å². The number of hydrogen-bond acceptors (Lipinski definition) is 2. The van der Waals surface area contributed by atoms with Crippen molar-refractivity contribution in [1.29, 1.82) is 0 Å². The van der Waals surface area contributed by atoms with E-state index in [1.165, 1.54) is 0 Å². The predicted octanol–water partition coefficient (Wildman–Crippen LogP) is 4.74. The molecule has 1 unspecified atom stereocenters. The van der Waals surface area contributed by atoms with Gasteiger partial charge in [-0.15, -0.1) is 0 Å². The van der Waals surface area contributed by atoms with Crippen molar-refractivity contribution in [2.24, 2.45) is 0 Å². The van der Waals surface area contributed by atoms with Crippen molar-refractivity contribution in [2.45, 2.75) is 44.4 Å². The molecule has 1 aromatic heterocycles. The Morgan fingerprint density at radius 3 is 2.58 bits per heavy atom. The number of alkyl halides is 1. The van der Waals surface area contributed by atoms with E-state index in [0.29, 0.717) is 11.3 Å². The van der Waals surface area contributed by atoms with Crippen LogP contribution < -0.4 is 5.43 Å². The summed E-state index contributed by atoms with van der Waals surface area (Å²) in [5.41, 5.74) is 3.83. The van der Waals surface area contributed by atoms with Gasteiger partial charge in [-0.2, -0.15) is 0 Å². The highest BCUT2D eigenvalue weighted by atomic mass is 79.9. The lowest BCUT2D eigenvalue weighted by molar-refractivity contribution is 0.529. The molecule has 3 rings (SSSR count). The molecular formula is C16H17BrO2. The molecule has 0 bridgehead atoms. The third kappa shape index (κ3) is 2.14. The van der Waals surface area contributed by atoms with E-state index in [1.54, 1.807) is 0 Å². The minimum atomic E-state index is 0.126. The molecule has 19 heavy (non-hydrogen) atoms. The number of fused-ring (bicyclic) bond motifs is 1. The SMILES string of the molecule is Cc1cc(C(C)Br)c2oc(C3CC3)c(C)c(=O)c2c1. The normalized spacial score (nSPS) is 16.8. The van der Waals surface area contributed by atoms with E-state index < -0.39 is 0 Å². The van der Waals surface area contributed by atoms with Crippen LogP contribution in [0.25, 0.3) is 11.0 Å². The third-order valence-corrected chi connectivity index (χ3v) is 4.30. The largest absolute Gasteiger partial charge is 0.460 e. The molecular weight excluding hydrogens is 304 g/mol. The Morgan fingerprint density at radius 2 is 2.00 bits per heavy atom. The first-order valence-electron chi connectivity index (χ1n) is 6.71. The van der Waals surface area contributed by atoms with E-state index in [2.05, 4.69) is 28.9 Å². The molecule has 2 aromatic rings. The van der Waals surface area contributed by atoms with E-state index in [1.807, 2.05) is 19.9 Å². The molecule has 1 heterocycles. The maximum atomic E-state index is 12.5. The van der Waals surface area contributed by atoms with Gasteiger partial charge in [0.25, 0.3) is 0 Å². The molecule has 1 aliphatic rings. The Kier molecular flexibility index (Phi) is 3.05. The summed E-state index contributed by atoms with van der Waals surface area (Å²) in [4.78, 5) is 12.7. The minimum Gasteiger partial charge on any atom is -0.460 e. The van der Waals surface area contributed by atoms with E-state index in [9.17, 15) is 4.79 Å². The van der Waals surface area contributed by atoms with Crippen LogP contribution in [0.4, 0.5) is 0 Å². The second kappa shape index (κ2) is 4.48. The van der Waals surface area contributed by atoms with Crippen molar-refractivity contribution in [1.82, 2.24) is 0 Å². The zero-order chi connectivity index (χ0) is 13.7. The standard InChI is InChI=1S/C16H17BrO2/c1-8-6-12(10(3)17)16-13(7-8)14(18)9(2)15(19-16)11-4-5-11/h6-7,10-11H,4-5H2,1-3H3. The van der Waals surface area contributed by atoms with Gasteiger partial charge in [-0.25, -0.2) is 0 Å². The lowest BCUT2D eigenvalue weighted by Gasteiger charge is -2.12. The number of aryl methyl sites for hydroxylation is 1. The highest BCUT2D eigenvalue weighted by Gasteiger charge is 2.30. The molecule has 1 fully saturated rings. The Bertz CT molecular complexity index is 709. The van der Waals surface area contributed by atoms with Crippen LogP contribution in [0, 0.1) is 13.8 Å². The smallest absolute Gasteiger partial charge is 0.195 e. The third-order valence-electron chi connectivity index (χ3n) is 3.81. The van der Waals surface area contributed by atoms with Crippen molar-refractivity contribution in [2.75, 3.05) is 0 Å². The van der Waals surface area contributed by atoms with Crippen molar-refractivity contribution >= 4 is 26.9 Å². The predicted molar refractivity (Wildman–Crippen MR) is 81.3 cm³/mol. The monoisotopic (exact) mass is 320 g/mol. The fourth-order valence-electron chi connectivity index (χ4n) is 2.61. The second-order valence-corrected chi connectivity index (χ2v) is 6.92. The summed E-state index contributed by atoms with van der Waals surface area (Å²) in [6.07, 6.45) is 2.28. The van der Waals surface area contributed by atoms with Gasteiger partial charge in [-0.1, -0.05) is 22.0 Å². The fourth-order valence-corrected chi connectivity index (χ4v) is 2.95. The van der Waals surface area contributed by atoms with E-state index >= 15 is 0 Å². The summed E-state index contributed by atoms with van der Waals surface area (Å²) in [6.45, 7) is 5.96. The Labute approximate surface area is 120 Å². The first kappa shape index (κ1) is 12.9. The molecule has 0 N–H and O–H groups in total. The number of rotatable bonds is 2. The van der Waals surface area contributed by atoms with Crippen LogP contribution >= 0.6 is 15.9 Å². The van der Waals surface area contributed by atoms with Crippen LogP contribution in [0.1, 0.15) is 53.0 Å². The van der Waals surface area contributed by atoms with Crippen LogP contribution in [-0.4, -0.2) is 0 Å². The van der Waals surface area contributed by atoms with Crippen LogP contribution in [-0.2, 0) is 0 Å². The minimum absolute atomic E-state index is 0.126. The summed E-state index contributed by atoms with van der Waals surface area (Å²) < 4.78 is 6.11. The van der Waals surface area contributed by atoms with Crippen molar-refractivity contribution in [3.8, 4) is 0 Å². The molecule has 0 aliphatic heterocycles. The fraction of sp³-hybridized carbons (Fsp3) is 0.438. The molecule has 1 atom stereocenters. The topological polar surface area (TPSA) is 30.2 Å². The Hall–Kier alpha value is -1.09. The summed E-state index contributed by atoms with van der Waals surface area (Å²) in [7, 11) is 0. The lowest BCUT2D eigenvalue weighted by atomic mass is 10.0. The van der Waals surface area contributed by atoms with Crippen LogP contribution in [0.15, 0.2) is 21.3 Å². The van der Waals surface area contributed by atoms with Crippen molar-refractivity contribution < 1.29 is 4.42 Å². The van der Waals surface area contributed by atoms with Gasteiger partial charge in [0, 0.05) is 21.9 Å². The number of benzene rings is 1. The zero-order valence-corrected chi connectivity index (χ0v) is 13.0. The summed E-state index contributed by atoms with van der Waals surface area (Å²) in [5.74, 6) is 1.35. The van der Waals surface area contributed by atoms with E-state index in [0.717, 1.165) is 40.9 Å². The van der Waals surface area contributed by atoms with Gasteiger partial charge in [0.05, 0.1) is 5.39 Å². The Morgan fingerprint density at radius 1 is 1.32 bits per heavy atom. The average molecular weight is 321 g/mol. The van der Waals surface area contributed by atoms with E-state index in [4.69, 9.17) is 4.42 Å². The molecule has 0 amide bonds. The van der Waals surface area contributed by atoms with Gasteiger partial charge in [-0.3, -0.25) is 4.79 Å². The summed E-state index contributed by atoms with van der Waals surface area (Å²) >= 11 is 3.60. The first-order valence-corrected chi connectivity index (χ1v) is 7.62. The van der Waals surface area contributed by atoms with Gasteiger partial charge in [-0.05, 0) is 45.2 Å². The van der Waals surface area contributed by atoms with E-state index in [-0.39, 0.29) is 10.3 Å². The molecule has 1 saturated carbocycles. The molecule has 3 heteroatoms. The molecule has 0 spiro atoms. The highest BCUT2D eigenvalue weighted by Crippen LogP contribution is 2.42. The molecule has 0 saturated heterocycles. The molecule has 1 aromatic carbocycles. The maximum Gasteiger partial charge on any atom is 0.195 e. The van der Waals surface area contributed by atoms with Crippen molar-refractivity contribution in [3.05, 3.63) is 44.8 Å². The molecule has 1 aliphatic carbocycles. The van der Waals surface area contributed by atoms with Crippen LogP contribution in [0.2, 0.25) is 0 Å². The van der Waals surface area contributed by atoms with Gasteiger partial charge >= 0.3 is 0 Å².